The molecule has 1 aromatic carbocycles. The second kappa shape index (κ2) is 8.11. The van der Waals surface area contributed by atoms with Gasteiger partial charge in [0.05, 0.1) is 7.11 Å². The number of ether oxygens (including phenoxy) is 2. The Kier molecular flexibility index (Phi) is 6.76. The number of nitrogens with one attached hydrogen (secondary N) is 1. The number of hydrogen-bond acceptors (Lipinski definition) is 3. The van der Waals surface area contributed by atoms with Crippen LogP contribution >= 0.6 is 0 Å². The molecular weight excluding hydrogens is 226 g/mol. The Labute approximate surface area is 110 Å². The van der Waals surface area contributed by atoms with Crippen LogP contribution in [0.4, 0.5) is 0 Å². The standard InChI is InChI=1S/C15H25NO2/c1-5-16-15(9-12(2)11-17-3)13-7-6-8-14(10-13)18-4/h6-8,10,12,15-16H,5,9,11H2,1-4H3. The molecule has 0 aliphatic heterocycles. The van der Waals surface area contributed by atoms with Gasteiger partial charge >= 0.3 is 0 Å². The van der Waals surface area contributed by atoms with Gasteiger partial charge in [0, 0.05) is 19.8 Å². The Morgan fingerprint density at radius 1 is 1.28 bits per heavy atom. The molecule has 0 saturated carbocycles. The van der Waals surface area contributed by atoms with Gasteiger partial charge in [-0.15, -0.1) is 0 Å². The monoisotopic (exact) mass is 251 g/mol. The summed E-state index contributed by atoms with van der Waals surface area (Å²) < 4.78 is 10.5. The quantitative estimate of drug-likeness (QED) is 0.770. The molecule has 0 fully saturated rings. The van der Waals surface area contributed by atoms with Crippen LogP contribution in [0.5, 0.6) is 5.75 Å². The molecule has 0 saturated heterocycles. The van der Waals surface area contributed by atoms with Crippen LogP contribution in [-0.2, 0) is 4.74 Å². The summed E-state index contributed by atoms with van der Waals surface area (Å²) in [6.45, 7) is 6.11. The average molecular weight is 251 g/mol. The first kappa shape index (κ1) is 15.0. The first-order chi connectivity index (χ1) is 8.71. The lowest BCUT2D eigenvalue weighted by molar-refractivity contribution is 0.149. The van der Waals surface area contributed by atoms with Gasteiger partial charge in [-0.25, -0.2) is 0 Å². The average Bonchev–Trinajstić information content (AvgIpc) is 2.38. The minimum atomic E-state index is 0.357. The predicted octanol–water partition coefficient (Wildman–Crippen LogP) is 3.02. The predicted molar refractivity (Wildman–Crippen MR) is 75.1 cm³/mol. The van der Waals surface area contributed by atoms with Crippen molar-refractivity contribution in [2.24, 2.45) is 5.92 Å². The number of hydrogen-bond donors (Lipinski definition) is 1. The zero-order valence-electron chi connectivity index (χ0n) is 11.9. The lowest BCUT2D eigenvalue weighted by atomic mass is 9.96. The molecule has 1 aromatic rings. The van der Waals surface area contributed by atoms with Crippen molar-refractivity contribution in [1.82, 2.24) is 5.32 Å². The van der Waals surface area contributed by atoms with E-state index in [4.69, 9.17) is 9.47 Å². The molecule has 3 nitrogen and oxygen atoms in total. The zero-order chi connectivity index (χ0) is 13.4. The van der Waals surface area contributed by atoms with Crippen molar-refractivity contribution >= 4 is 0 Å². The molecule has 102 valence electrons. The molecule has 0 aromatic heterocycles. The van der Waals surface area contributed by atoms with Crippen molar-refractivity contribution in [1.29, 1.82) is 0 Å². The van der Waals surface area contributed by atoms with Crippen LogP contribution in [0.2, 0.25) is 0 Å². The number of benzene rings is 1. The molecule has 18 heavy (non-hydrogen) atoms. The lowest BCUT2D eigenvalue weighted by Gasteiger charge is -2.22. The van der Waals surface area contributed by atoms with Gasteiger partial charge in [0.2, 0.25) is 0 Å². The van der Waals surface area contributed by atoms with Gasteiger partial charge in [-0.2, -0.15) is 0 Å². The molecule has 0 heterocycles. The number of methoxy groups -OCH3 is 2. The summed E-state index contributed by atoms with van der Waals surface area (Å²) in [5.41, 5.74) is 1.28. The molecule has 0 aliphatic carbocycles. The highest BCUT2D eigenvalue weighted by molar-refractivity contribution is 5.30. The van der Waals surface area contributed by atoms with Crippen molar-refractivity contribution in [2.75, 3.05) is 27.4 Å². The fraction of sp³-hybridized carbons (Fsp3) is 0.600. The van der Waals surface area contributed by atoms with E-state index in [-0.39, 0.29) is 0 Å². The Morgan fingerprint density at radius 2 is 2.06 bits per heavy atom. The second-order valence-corrected chi connectivity index (χ2v) is 4.68. The van der Waals surface area contributed by atoms with Crippen LogP contribution in [0.25, 0.3) is 0 Å². The molecule has 0 amide bonds. The van der Waals surface area contributed by atoms with Crippen LogP contribution in [0.3, 0.4) is 0 Å². The van der Waals surface area contributed by atoms with E-state index in [2.05, 4.69) is 31.3 Å². The molecule has 0 spiro atoms. The van der Waals surface area contributed by atoms with E-state index in [9.17, 15) is 0 Å². The third kappa shape index (κ3) is 4.67. The third-order valence-electron chi connectivity index (χ3n) is 3.04. The molecule has 2 atom stereocenters. The van der Waals surface area contributed by atoms with Gasteiger partial charge in [-0.05, 0) is 36.6 Å². The molecule has 3 heteroatoms. The van der Waals surface area contributed by atoms with E-state index in [0.29, 0.717) is 12.0 Å². The summed E-state index contributed by atoms with van der Waals surface area (Å²) in [7, 11) is 3.46. The normalized spacial score (nSPS) is 14.2. The van der Waals surface area contributed by atoms with Crippen molar-refractivity contribution < 1.29 is 9.47 Å². The highest BCUT2D eigenvalue weighted by Crippen LogP contribution is 2.24. The lowest BCUT2D eigenvalue weighted by Crippen LogP contribution is -2.24. The van der Waals surface area contributed by atoms with Crippen molar-refractivity contribution in [2.45, 2.75) is 26.3 Å². The maximum absolute atomic E-state index is 5.28. The topological polar surface area (TPSA) is 30.5 Å². The summed E-state index contributed by atoms with van der Waals surface area (Å²) in [5, 5.41) is 3.53. The van der Waals surface area contributed by atoms with E-state index in [1.54, 1.807) is 14.2 Å². The molecule has 1 N–H and O–H groups in total. The SMILES string of the molecule is CCNC(CC(C)COC)c1cccc(OC)c1. The van der Waals surface area contributed by atoms with E-state index in [1.807, 2.05) is 12.1 Å². The first-order valence-electron chi connectivity index (χ1n) is 6.57. The summed E-state index contributed by atoms with van der Waals surface area (Å²) in [4.78, 5) is 0. The Hall–Kier alpha value is -1.06. The second-order valence-electron chi connectivity index (χ2n) is 4.68. The van der Waals surface area contributed by atoms with Crippen LogP contribution in [0.1, 0.15) is 31.9 Å². The molecule has 0 aliphatic rings. The molecule has 2 unspecified atom stereocenters. The Morgan fingerprint density at radius 3 is 2.67 bits per heavy atom. The molecule has 0 bridgehead atoms. The summed E-state index contributed by atoms with van der Waals surface area (Å²) in [6.07, 6.45) is 1.06. The van der Waals surface area contributed by atoms with E-state index >= 15 is 0 Å². The highest BCUT2D eigenvalue weighted by atomic mass is 16.5. The Balaban J connectivity index is 2.75. The maximum atomic E-state index is 5.28. The van der Waals surface area contributed by atoms with Crippen LogP contribution in [-0.4, -0.2) is 27.4 Å². The minimum absolute atomic E-state index is 0.357. The largest absolute Gasteiger partial charge is 0.497 e. The third-order valence-corrected chi connectivity index (χ3v) is 3.04. The summed E-state index contributed by atoms with van der Waals surface area (Å²) in [6, 6.07) is 8.63. The maximum Gasteiger partial charge on any atom is 0.119 e. The van der Waals surface area contributed by atoms with Gasteiger partial charge in [-0.3, -0.25) is 0 Å². The van der Waals surface area contributed by atoms with Gasteiger partial charge < -0.3 is 14.8 Å². The van der Waals surface area contributed by atoms with Crippen LogP contribution in [0, 0.1) is 5.92 Å². The van der Waals surface area contributed by atoms with Gasteiger partial charge in [-0.1, -0.05) is 26.0 Å². The smallest absolute Gasteiger partial charge is 0.119 e. The fourth-order valence-electron chi connectivity index (χ4n) is 2.20. The molecule has 1 rings (SSSR count). The van der Waals surface area contributed by atoms with Gasteiger partial charge in [0.1, 0.15) is 5.75 Å². The van der Waals surface area contributed by atoms with Gasteiger partial charge in [0.25, 0.3) is 0 Å². The summed E-state index contributed by atoms with van der Waals surface area (Å²) >= 11 is 0. The van der Waals surface area contributed by atoms with Crippen molar-refractivity contribution in [3.8, 4) is 5.75 Å². The van der Waals surface area contributed by atoms with E-state index in [0.717, 1.165) is 25.3 Å². The van der Waals surface area contributed by atoms with Crippen LogP contribution in [0.15, 0.2) is 24.3 Å². The number of rotatable bonds is 8. The fourth-order valence-corrected chi connectivity index (χ4v) is 2.20. The molecular formula is C15H25NO2. The van der Waals surface area contributed by atoms with Crippen molar-refractivity contribution in [3.05, 3.63) is 29.8 Å². The van der Waals surface area contributed by atoms with Gasteiger partial charge in [0.15, 0.2) is 0 Å². The minimum Gasteiger partial charge on any atom is -0.497 e. The summed E-state index contributed by atoms with van der Waals surface area (Å²) in [5.74, 6) is 1.44. The highest BCUT2D eigenvalue weighted by Gasteiger charge is 2.14. The zero-order valence-corrected chi connectivity index (χ0v) is 11.9. The van der Waals surface area contributed by atoms with E-state index in [1.165, 1.54) is 5.56 Å². The van der Waals surface area contributed by atoms with E-state index < -0.39 is 0 Å². The first-order valence-corrected chi connectivity index (χ1v) is 6.57. The van der Waals surface area contributed by atoms with Crippen LogP contribution < -0.4 is 10.1 Å². The molecule has 0 radical (unpaired) electrons. The Bertz CT molecular complexity index is 341. The van der Waals surface area contributed by atoms with Crippen molar-refractivity contribution in [3.63, 3.8) is 0 Å².